The summed E-state index contributed by atoms with van der Waals surface area (Å²) in [7, 11) is 0. The van der Waals surface area contributed by atoms with Crippen LogP contribution in [0.25, 0.3) is 0 Å². The molecule has 1 amide bonds. The fourth-order valence-corrected chi connectivity index (χ4v) is 1.97. The van der Waals surface area contributed by atoms with E-state index < -0.39 is 22.8 Å². The molecule has 9 nitrogen and oxygen atoms in total. The van der Waals surface area contributed by atoms with E-state index in [1.165, 1.54) is 18.5 Å². The van der Waals surface area contributed by atoms with Gasteiger partial charge in [0.1, 0.15) is 24.0 Å². The average molecular weight is 298 g/mol. The van der Waals surface area contributed by atoms with E-state index in [1.807, 2.05) is 0 Å². The molecule has 0 fully saturated rings. The van der Waals surface area contributed by atoms with E-state index in [9.17, 15) is 19.7 Å². The molecular weight excluding hydrogens is 280 g/mol. The molecule has 9 heteroatoms. The quantitative estimate of drug-likeness (QED) is 0.585. The first-order chi connectivity index (χ1) is 9.65. The van der Waals surface area contributed by atoms with Gasteiger partial charge in [0.15, 0.2) is 0 Å². The van der Waals surface area contributed by atoms with Gasteiger partial charge < -0.3 is 10.4 Å². The van der Waals surface area contributed by atoms with Crippen molar-refractivity contribution in [1.82, 2.24) is 15.1 Å². The Morgan fingerprint density at radius 2 is 2.00 bits per heavy atom. The van der Waals surface area contributed by atoms with Crippen molar-refractivity contribution < 1.29 is 19.6 Å². The van der Waals surface area contributed by atoms with Gasteiger partial charge in [0.25, 0.3) is 0 Å². The highest BCUT2D eigenvalue weighted by Crippen LogP contribution is 2.21. The number of nitrogens with zero attached hydrogens (tertiary/aromatic N) is 3. The van der Waals surface area contributed by atoms with Crippen LogP contribution in [0.3, 0.4) is 0 Å². The molecule has 1 atom stereocenters. The van der Waals surface area contributed by atoms with Crippen LogP contribution < -0.4 is 5.32 Å². The molecule has 2 N–H and O–H groups in total. The van der Waals surface area contributed by atoms with Crippen molar-refractivity contribution in [2.24, 2.45) is 5.92 Å². The zero-order valence-corrected chi connectivity index (χ0v) is 12.3. The zero-order valence-electron chi connectivity index (χ0n) is 12.3. The number of carbonyl (C=O) groups excluding carboxylic acids is 1. The minimum atomic E-state index is -1.13. The molecule has 0 saturated carbocycles. The number of hydrogen-bond acceptors (Lipinski definition) is 5. The molecule has 0 aliphatic rings. The summed E-state index contributed by atoms with van der Waals surface area (Å²) < 4.78 is 1.20. The van der Waals surface area contributed by atoms with Gasteiger partial charge in [-0.1, -0.05) is 13.8 Å². The molecule has 1 rings (SSSR count). The molecule has 1 aromatic heterocycles. The number of hydrogen-bond donors (Lipinski definition) is 2. The Labute approximate surface area is 121 Å². The van der Waals surface area contributed by atoms with E-state index in [4.69, 9.17) is 5.11 Å². The van der Waals surface area contributed by atoms with Crippen molar-refractivity contribution in [3.8, 4) is 0 Å². The standard InChI is InChI=1S/C12H18N4O5/c1-6(2)10(12(18)19)13-9(17)5-15-8(4)11(16(20)21)7(3)14-15/h6,10H,5H2,1-4H3,(H,13,17)(H,18,19). The monoisotopic (exact) mass is 298 g/mol. The number of aliphatic carboxylic acids is 1. The van der Waals surface area contributed by atoms with Gasteiger partial charge in [-0.15, -0.1) is 0 Å². The van der Waals surface area contributed by atoms with Crippen LogP contribution in [-0.2, 0) is 16.1 Å². The zero-order chi connectivity index (χ0) is 16.3. The second-order valence-electron chi connectivity index (χ2n) is 5.06. The molecule has 0 saturated heterocycles. The first-order valence-corrected chi connectivity index (χ1v) is 6.35. The summed E-state index contributed by atoms with van der Waals surface area (Å²) in [6, 6.07) is -1.01. The topological polar surface area (TPSA) is 127 Å². The smallest absolute Gasteiger partial charge is 0.326 e. The molecule has 0 bridgehead atoms. The predicted molar refractivity (Wildman–Crippen MR) is 72.8 cm³/mol. The van der Waals surface area contributed by atoms with Crippen molar-refractivity contribution in [3.05, 3.63) is 21.5 Å². The van der Waals surface area contributed by atoms with Gasteiger partial charge >= 0.3 is 11.7 Å². The molecular formula is C12H18N4O5. The van der Waals surface area contributed by atoms with Crippen LogP contribution in [0.2, 0.25) is 0 Å². The Morgan fingerprint density at radius 3 is 2.38 bits per heavy atom. The molecule has 1 aromatic rings. The van der Waals surface area contributed by atoms with Crippen LogP contribution in [0.15, 0.2) is 0 Å². The van der Waals surface area contributed by atoms with E-state index in [2.05, 4.69) is 10.4 Å². The fourth-order valence-electron chi connectivity index (χ4n) is 1.97. The molecule has 0 aliphatic carbocycles. The number of nitro groups is 1. The Hall–Kier alpha value is -2.45. The summed E-state index contributed by atoms with van der Waals surface area (Å²) in [5.74, 6) is -1.96. The second-order valence-corrected chi connectivity index (χ2v) is 5.06. The number of nitrogens with one attached hydrogen (secondary N) is 1. The maximum atomic E-state index is 11.9. The lowest BCUT2D eigenvalue weighted by Crippen LogP contribution is -2.45. The highest BCUT2D eigenvalue weighted by molar-refractivity contribution is 5.83. The van der Waals surface area contributed by atoms with Crippen LogP contribution >= 0.6 is 0 Å². The third kappa shape index (κ3) is 3.77. The minimum Gasteiger partial charge on any atom is -0.480 e. The Morgan fingerprint density at radius 1 is 1.43 bits per heavy atom. The van der Waals surface area contributed by atoms with Gasteiger partial charge in [-0.3, -0.25) is 19.6 Å². The normalized spacial score (nSPS) is 12.2. The van der Waals surface area contributed by atoms with Gasteiger partial charge in [-0.05, 0) is 19.8 Å². The van der Waals surface area contributed by atoms with Gasteiger partial charge in [-0.2, -0.15) is 5.10 Å². The molecule has 0 aliphatic heterocycles. The first kappa shape index (κ1) is 16.6. The lowest BCUT2D eigenvalue weighted by molar-refractivity contribution is -0.386. The van der Waals surface area contributed by atoms with Crippen LogP contribution in [-0.4, -0.2) is 37.7 Å². The van der Waals surface area contributed by atoms with Crippen LogP contribution in [0, 0.1) is 29.9 Å². The average Bonchev–Trinajstić information content (AvgIpc) is 2.60. The van der Waals surface area contributed by atoms with Crippen molar-refractivity contribution in [3.63, 3.8) is 0 Å². The van der Waals surface area contributed by atoms with Gasteiger partial charge in [0.2, 0.25) is 5.91 Å². The maximum absolute atomic E-state index is 11.9. The number of aromatic nitrogens is 2. The van der Waals surface area contributed by atoms with Crippen LogP contribution in [0.4, 0.5) is 5.69 Å². The predicted octanol–water partition coefficient (Wildman–Crippen LogP) is 0.634. The van der Waals surface area contributed by atoms with Crippen molar-refractivity contribution in [2.75, 3.05) is 0 Å². The largest absolute Gasteiger partial charge is 0.480 e. The fraction of sp³-hybridized carbons (Fsp3) is 0.583. The summed E-state index contributed by atoms with van der Waals surface area (Å²) in [6.07, 6.45) is 0. The van der Waals surface area contributed by atoms with Crippen molar-refractivity contribution in [2.45, 2.75) is 40.3 Å². The number of carboxylic acid groups (broad SMARTS) is 1. The molecule has 116 valence electrons. The number of carboxylic acids is 1. The number of carbonyl (C=O) groups is 2. The number of rotatable bonds is 6. The van der Waals surface area contributed by atoms with E-state index in [1.54, 1.807) is 13.8 Å². The Bertz CT molecular complexity index is 578. The molecule has 1 heterocycles. The third-order valence-electron chi connectivity index (χ3n) is 3.07. The minimum absolute atomic E-state index is 0.138. The first-order valence-electron chi connectivity index (χ1n) is 6.35. The SMILES string of the molecule is Cc1nn(CC(=O)NC(C(=O)O)C(C)C)c(C)c1[N+](=O)[O-]. The number of amides is 1. The number of aryl methyl sites for hydroxylation is 1. The maximum Gasteiger partial charge on any atom is 0.326 e. The molecule has 0 radical (unpaired) electrons. The lowest BCUT2D eigenvalue weighted by Gasteiger charge is -2.17. The second kappa shape index (κ2) is 6.33. The summed E-state index contributed by atoms with van der Waals surface area (Å²) in [5.41, 5.74) is 0.328. The van der Waals surface area contributed by atoms with E-state index in [-0.39, 0.29) is 29.5 Å². The van der Waals surface area contributed by atoms with Gasteiger partial charge in [-0.25, -0.2) is 4.79 Å². The third-order valence-corrected chi connectivity index (χ3v) is 3.07. The summed E-state index contributed by atoms with van der Waals surface area (Å²) in [5, 5.41) is 26.2. The van der Waals surface area contributed by atoms with Crippen LogP contribution in [0.1, 0.15) is 25.2 Å². The van der Waals surface area contributed by atoms with Crippen LogP contribution in [0.5, 0.6) is 0 Å². The van der Waals surface area contributed by atoms with Gasteiger partial charge in [0.05, 0.1) is 4.92 Å². The van der Waals surface area contributed by atoms with Gasteiger partial charge in [0, 0.05) is 0 Å². The van der Waals surface area contributed by atoms with Crippen molar-refractivity contribution >= 4 is 17.6 Å². The highest BCUT2D eigenvalue weighted by Gasteiger charge is 2.26. The highest BCUT2D eigenvalue weighted by atomic mass is 16.6. The summed E-state index contributed by atoms with van der Waals surface area (Å²) in [6.45, 7) is 6.05. The summed E-state index contributed by atoms with van der Waals surface area (Å²) >= 11 is 0. The Balaban J connectivity index is 2.87. The Kier molecular flexibility index (Phi) is 5.01. The van der Waals surface area contributed by atoms with E-state index in [0.29, 0.717) is 0 Å². The van der Waals surface area contributed by atoms with E-state index in [0.717, 1.165) is 0 Å². The molecule has 0 spiro atoms. The molecule has 21 heavy (non-hydrogen) atoms. The summed E-state index contributed by atoms with van der Waals surface area (Å²) in [4.78, 5) is 33.2. The van der Waals surface area contributed by atoms with E-state index >= 15 is 0 Å². The molecule has 0 aromatic carbocycles. The lowest BCUT2D eigenvalue weighted by atomic mass is 10.1. The van der Waals surface area contributed by atoms with Crippen molar-refractivity contribution in [1.29, 1.82) is 0 Å². The molecule has 1 unspecified atom stereocenters.